The number of aliphatic hydroxyl groups excluding tert-OH is 5. The molecule has 47 heavy (non-hydrogen) atoms. The Labute approximate surface area is 273 Å². The molecule has 12 nitrogen and oxygen atoms in total. The van der Waals surface area contributed by atoms with Crippen molar-refractivity contribution in [3.05, 3.63) is 69.5 Å². The molecule has 4 bridgehead atoms. The average Bonchev–Trinajstić information content (AvgIpc) is 3.04. The molecule has 0 aromatic heterocycles. The fourth-order valence-electron chi connectivity index (χ4n) is 6.11. The molecule has 3 aliphatic rings. The number of hydrogen-bond donors (Lipinski definition) is 8. The summed E-state index contributed by atoms with van der Waals surface area (Å²) in [5.74, 6) is -9.29. The van der Waals surface area contributed by atoms with Crippen molar-refractivity contribution in [2.45, 2.75) is 72.9 Å². The van der Waals surface area contributed by atoms with E-state index >= 15 is 0 Å². The molecule has 0 spiro atoms. The Bertz CT molecular complexity index is 1570. The largest absolute Gasteiger partial charge is 0.507 e. The molecule has 1 aromatic rings. The Morgan fingerprint density at radius 2 is 1.21 bits per heavy atom. The molecular weight excluding hydrogens is 610 g/mol. The second-order valence-corrected chi connectivity index (χ2v) is 12.8. The van der Waals surface area contributed by atoms with E-state index in [1.54, 1.807) is 26.8 Å². The van der Waals surface area contributed by atoms with Crippen LogP contribution < -0.4 is 5.32 Å². The molecule has 256 valence electrons. The van der Waals surface area contributed by atoms with Crippen molar-refractivity contribution in [2.75, 3.05) is 6.61 Å². The first-order valence-corrected chi connectivity index (χ1v) is 15.5. The number of rotatable bonds is 1. The Balaban J connectivity index is 2.23. The number of benzene rings is 1. The van der Waals surface area contributed by atoms with Crippen LogP contribution in [0.2, 0.25) is 0 Å². The molecular formula is C35H45NO11. The maximum Gasteiger partial charge on any atom is 0.251 e. The van der Waals surface area contributed by atoms with Gasteiger partial charge in [-0.2, -0.15) is 0 Å². The molecule has 1 aromatic carbocycles. The minimum atomic E-state index is -1.44. The number of fused-ring (bicyclic) bond motifs is 15. The standard InChI is InChI=1S/C35H45NO11/c1-14-9-8-10-15(2)35(47)36-22-12-23(38)24-25(32(44)20(7)33(45)26(24)34(22)46)28(40)16(3)11-21(13-37)31(43)19(6)30(42)18(5)29(41)17(4)27(14)39/h8-12,14,17-19,21,27,29-31,37,39,41-45H,13H2,1-7H3,(H,36,47)/b9-8+,15-10-,16-11-/t14-,17+,18+,19-,21+,27-,29+,30-,31+/m0/s1. The number of nitrogens with one attached hydrogen (secondary N) is 1. The number of aromatic hydroxyl groups is 2. The molecule has 0 fully saturated rings. The Morgan fingerprint density at radius 1 is 0.702 bits per heavy atom. The summed E-state index contributed by atoms with van der Waals surface area (Å²) >= 11 is 0. The lowest BCUT2D eigenvalue weighted by molar-refractivity contribution is -0.116. The van der Waals surface area contributed by atoms with Gasteiger partial charge in [0.15, 0.2) is 11.6 Å². The van der Waals surface area contributed by atoms with E-state index in [1.807, 2.05) is 0 Å². The van der Waals surface area contributed by atoms with Gasteiger partial charge in [-0.25, -0.2) is 0 Å². The zero-order chi connectivity index (χ0) is 35.7. The number of carbonyl (C=O) groups excluding carboxylic acids is 4. The fraction of sp³-hybridized carbons (Fsp3) is 0.486. The molecule has 0 saturated carbocycles. The van der Waals surface area contributed by atoms with Gasteiger partial charge in [-0.15, -0.1) is 0 Å². The number of Topliss-reactive ketones (excluding diaryl/α,β-unsaturated/α-hetero) is 2. The predicted octanol–water partition coefficient (Wildman–Crippen LogP) is 2.03. The van der Waals surface area contributed by atoms with E-state index in [4.69, 9.17) is 0 Å². The predicted molar refractivity (Wildman–Crippen MR) is 172 cm³/mol. The Morgan fingerprint density at radius 3 is 1.77 bits per heavy atom. The van der Waals surface area contributed by atoms with Crippen molar-refractivity contribution >= 4 is 23.3 Å². The van der Waals surface area contributed by atoms with Gasteiger partial charge in [-0.05, 0) is 26.3 Å². The number of phenols is 2. The minimum absolute atomic E-state index is 0.117. The molecule has 8 N–H and O–H groups in total. The van der Waals surface area contributed by atoms with Crippen LogP contribution in [0.3, 0.4) is 0 Å². The molecule has 0 saturated heterocycles. The van der Waals surface area contributed by atoms with Gasteiger partial charge >= 0.3 is 0 Å². The first-order chi connectivity index (χ1) is 21.9. The second kappa shape index (κ2) is 14.9. The normalized spacial score (nSPS) is 34.6. The number of hydrogen-bond acceptors (Lipinski definition) is 11. The summed E-state index contributed by atoms with van der Waals surface area (Å²) < 4.78 is 0. The van der Waals surface area contributed by atoms with Gasteiger partial charge in [0.1, 0.15) is 11.5 Å². The highest BCUT2D eigenvalue weighted by Gasteiger charge is 2.40. The van der Waals surface area contributed by atoms with Crippen LogP contribution in [-0.2, 0) is 4.79 Å². The quantitative estimate of drug-likeness (QED) is 0.219. The monoisotopic (exact) mass is 655 g/mol. The van der Waals surface area contributed by atoms with E-state index in [2.05, 4.69) is 5.32 Å². The molecule has 1 aliphatic carbocycles. The van der Waals surface area contributed by atoms with Gasteiger partial charge in [-0.1, -0.05) is 52.0 Å². The van der Waals surface area contributed by atoms with Crippen molar-refractivity contribution in [1.82, 2.24) is 5.32 Å². The highest BCUT2D eigenvalue weighted by atomic mass is 16.3. The van der Waals surface area contributed by atoms with Gasteiger partial charge < -0.3 is 41.1 Å². The molecule has 2 heterocycles. The minimum Gasteiger partial charge on any atom is -0.507 e. The first-order valence-electron chi connectivity index (χ1n) is 15.5. The van der Waals surface area contributed by atoms with Crippen LogP contribution in [0.25, 0.3) is 0 Å². The van der Waals surface area contributed by atoms with E-state index in [9.17, 15) is 54.9 Å². The molecule has 0 radical (unpaired) electrons. The molecule has 1 amide bonds. The summed E-state index contributed by atoms with van der Waals surface area (Å²) in [7, 11) is 0. The number of ketones is 3. The second-order valence-electron chi connectivity index (χ2n) is 12.8. The lowest BCUT2D eigenvalue weighted by Crippen LogP contribution is -2.46. The highest BCUT2D eigenvalue weighted by molar-refractivity contribution is 6.31. The summed E-state index contributed by atoms with van der Waals surface area (Å²) in [5.41, 5.74) is -2.50. The van der Waals surface area contributed by atoms with Crippen molar-refractivity contribution in [1.29, 1.82) is 0 Å². The van der Waals surface area contributed by atoms with Crippen molar-refractivity contribution in [3.8, 4) is 11.5 Å². The number of amides is 1. The van der Waals surface area contributed by atoms with Crippen LogP contribution in [0.1, 0.15) is 78.2 Å². The zero-order valence-electron chi connectivity index (χ0n) is 27.6. The summed E-state index contributed by atoms with van der Waals surface area (Å²) in [4.78, 5) is 53.6. The van der Waals surface area contributed by atoms with Crippen LogP contribution in [0.5, 0.6) is 11.5 Å². The number of aliphatic hydroxyl groups is 5. The van der Waals surface area contributed by atoms with Crippen LogP contribution >= 0.6 is 0 Å². The van der Waals surface area contributed by atoms with E-state index in [0.29, 0.717) is 0 Å². The smallest absolute Gasteiger partial charge is 0.251 e. The summed E-state index contributed by atoms with van der Waals surface area (Å²) in [5, 5.41) is 78.6. The lowest BCUT2D eigenvalue weighted by Gasteiger charge is -2.37. The van der Waals surface area contributed by atoms with Crippen LogP contribution in [0, 0.1) is 36.5 Å². The van der Waals surface area contributed by atoms with E-state index in [-0.39, 0.29) is 16.7 Å². The van der Waals surface area contributed by atoms with Crippen LogP contribution in [0.15, 0.2) is 47.2 Å². The van der Waals surface area contributed by atoms with Gasteiger partial charge in [0.2, 0.25) is 5.78 Å². The molecule has 2 aliphatic heterocycles. The average molecular weight is 656 g/mol. The third-order valence-electron chi connectivity index (χ3n) is 9.51. The Hall–Kier alpha value is -3.94. The van der Waals surface area contributed by atoms with Gasteiger partial charge in [0.25, 0.3) is 5.91 Å². The third-order valence-corrected chi connectivity index (χ3v) is 9.51. The van der Waals surface area contributed by atoms with E-state index < -0.39 is 118 Å². The summed E-state index contributed by atoms with van der Waals surface area (Å²) in [6.45, 7) is 9.69. The summed E-state index contributed by atoms with van der Waals surface area (Å²) in [6, 6.07) is 0. The van der Waals surface area contributed by atoms with Gasteiger partial charge in [0, 0.05) is 46.8 Å². The van der Waals surface area contributed by atoms with Gasteiger partial charge in [-0.3, -0.25) is 19.2 Å². The number of carbonyl (C=O) groups is 4. The molecule has 12 heteroatoms. The fourth-order valence-corrected chi connectivity index (χ4v) is 6.11. The van der Waals surface area contributed by atoms with Crippen molar-refractivity contribution in [2.24, 2.45) is 29.6 Å². The highest BCUT2D eigenvalue weighted by Crippen LogP contribution is 2.41. The Kier molecular flexibility index (Phi) is 11.9. The van der Waals surface area contributed by atoms with E-state index in [0.717, 1.165) is 6.08 Å². The topological polar surface area (TPSA) is 222 Å². The third kappa shape index (κ3) is 7.31. The van der Waals surface area contributed by atoms with Crippen molar-refractivity contribution < 1.29 is 54.9 Å². The number of allylic oxidation sites excluding steroid dienone is 5. The number of phenolic OH excluding ortho intramolecular Hbond substituents is 2. The first kappa shape index (κ1) is 37.5. The molecule has 9 atom stereocenters. The summed E-state index contributed by atoms with van der Waals surface area (Å²) in [6.07, 6.45) is 1.49. The van der Waals surface area contributed by atoms with Crippen molar-refractivity contribution in [3.63, 3.8) is 0 Å². The maximum atomic E-state index is 13.8. The maximum absolute atomic E-state index is 13.8. The molecule has 4 rings (SSSR count). The lowest BCUT2D eigenvalue weighted by atomic mass is 9.76. The van der Waals surface area contributed by atoms with Crippen LogP contribution in [0.4, 0.5) is 0 Å². The van der Waals surface area contributed by atoms with Gasteiger partial charge in [0.05, 0.1) is 53.4 Å². The van der Waals surface area contributed by atoms with Crippen LogP contribution in [-0.4, -0.2) is 90.0 Å². The zero-order valence-corrected chi connectivity index (χ0v) is 27.6. The SMILES string of the molecule is C/C1=C/C=C/[C@H](C)[C@H](O)[C@@H](C)[C@@H](O)[C@@H](C)[C@H](O)[C@H](C)[C@@H](O)[C@@H](CO)/C=C(/C)C(=O)c2c(O)c(C)c(O)c3c2C(=O)C=C(NC1=O)C3=O. The van der Waals surface area contributed by atoms with E-state index in [1.165, 1.54) is 45.9 Å². The molecule has 0 unspecified atom stereocenters.